The van der Waals surface area contributed by atoms with Gasteiger partial charge >= 0.3 is 0 Å². The van der Waals surface area contributed by atoms with E-state index < -0.39 is 0 Å². The lowest BCUT2D eigenvalue weighted by atomic mass is 10.2. The molecule has 0 radical (unpaired) electrons. The molecule has 1 aliphatic rings. The Hall–Kier alpha value is -2.38. The van der Waals surface area contributed by atoms with Crippen LogP contribution in [0.4, 0.5) is 11.8 Å². The molecule has 7 nitrogen and oxygen atoms in total. The number of carbonyl (C=O) groups is 1. The van der Waals surface area contributed by atoms with Crippen molar-refractivity contribution in [2.45, 2.75) is 25.4 Å². The molecule has 0 saturated carbocycles. The van der Waals surface area contributed by atoms with Gasteiger partial charge in [-0.15, -0.1) is 0 Å². The summed E-state index contributed by atoms with van der Waals surface area (Å²) in [4.78, 5) is 22.1. The van der Waals surface area contributed by atoms with Gasteiger partial charge in [0.25, 0.3) is 0 Å². The van der Waals surface area contributed by atoms with Crippen molar-refractivity contribution < 1.29 is 14.6 Å². The summed E-state index contributed by atoms with van der Waals surface area (Å²) < 4.78 is 5.15. The summed E-state index contributed by atoms with van der Waals surface area (Å²) in [5.41, 5.74) is 1.32. The predicted octanol–water partition coefficient (Wildman–Crippen LogP) is 2.52. The van der Waals surface area contributed by atoms with E-state index in [9.17, 15) is 9.90 Å². The Bertz CT molecular complexity index is 787. The Morgan fingerprint density at radius 2 is 2.35 bits per heavy atom. The summed E-state index contributed by atoms with van der Waals surface area (Å²) in [7, 11) is 1.57. The molecule has 8 heteroatoms. The van der Waals surface area contributed by atoms with E-state index in [1.807, 2.05) is 11.0 Å². The van der Waals surface area contributed by atoms with E-state index in [1.165, 1.54) is 6.20 Å². The third-order valence-corrected chi connectivity index (χ3v) is 4.75. The molecule has 0 amide bonds. The number of nitrogens with zero attached hydrogens (tertiary/aromatic N) is 3. The number of carbonyl (C=O) groups excluding carboxylic acids is 1. The van der Waals surface area contributed by atoms with Crippen molar-refractivity contribution in [3.05, 3.63) is 40.5 Å². The number of aromatic nitrogens is 2. The van der Waals surface area contributed by atoms with Crippen molar-refractivity contribution in [2.75, 3.05) is 30.5 Å². The maximum atomic E-state index is 11.3. The van der Waals surface area contributed by atoms with Crippen LogP contribution in [0.15, 0.2) is 24.4 Å². The predicted molar refractivity (Wildman–Crippen MR) is 100 cm³/mol. The van der Waals surface area contributed by atoms with E-state index in [1.54, 1.807) is 19.2 Å². The molecular weight excluding hydrogens is 356 g/mol. The molecule has 138 valence electrons. The van der Waals surface area contributed by atoms with Crippen LogP contribution in [0, 0.1) is 0 Å². The van der Waals surface area contributed by atoms with Gasteiger partial charge in [-0.3, -0.25) is 4.79 Å². The summed E-state index contributed by atoms with van der Waals surface area (Å²) in [5.74, 6) is 1.58. The zero-order chi connectivity index (χ0) is 18.5. The highest BCUT2D eigenvalue weighted by atomic mass is 35.5. The van der Waals surface area contributed by atoms with Gasteiger partial charge in [-0.2, -0.15) is 4.98 Å². The summed E-state index contributed by atoms with van der Waals surface area (Å²) in [6.07, 6.45) is 4.12. The van der Waals surface area contributed by atoms with Crippen molar-refractivity contribution in [1.29, 1.82) is 0 Å². The number of hydrogen-bond donors (Lipinski definition) is 2. The van der Waals surface area contributed by atoms with Gasteiger partial charge in [0, 0.05) is 19.3 Å². The normalized spacial score (nSPS) is 16.6. The molecule has 1 aliphatic heterocycles. The second-order valence-corrected chi connectivity index (χ2v) is 6.49. The Kier molecular flexibility index (Phi) is 5.90. The molecular formula is C18H21ClN4O3. The minimum atomic E-state index is 0.0188. The second-order valence-electron chi connectivity index (χ2n) is 6.09. The van der Waals surface area contributed by atoms with Crippen molar-refractivity contribution >= 4 is 29.7 Å². The van der Waals surface area contributed by atoms with E-state index in [0.717, 1.165) is 31.2 Å². The first-order chi connectivity index (χ1) is 12.7. The first kappa shape index (κ1) is 18.4. The monoisotopic (exact) mass is 376 g/mol. The zero-order valence-electron chi connectivity index (χ0n) is 14.5. The molecule has 1 aromatic carbocycles. The van der Waals surface area contributed by atoms with Crippen molar-refractivity contribution in [1.82, 2.24) is 9.97 Å². The number of benzene rings is 1. The van der Waals surface area contributed by atoms with Crippen LogP contribution in [-0.4, -0.2) is 47.7 Å². The molecule has 26 heavy (non-hydrogen) atoms. The highest BCUT2D eigenvalue weighted by Gasteiger charge is 2.26. The summed E-state index contributed by atoms with van der Waals surface area (Å²) >= 11 is 6.15. The minimum Gasteiger partial charge on any atom is -0.495 e. The van der Waals surface area contributed by atoms with Crippen LogP contribution in [-0.2, 0) is 6.54 Å². The fourth-order valence-electron chi connectivity index (χ4n) is 3.04. The average molecular weight is 377 g/mol. The number of aldehydes is 1. The summed E-state index contributed by atoms with van der Waals surface area (Å²) in [6.45, 7) is 1.30. The van der Waals surface area contributed by atoms with Crippen LogP contribution in [0.5, 0.6) is 5.75 Å². The largest absolute Gasteiger partial charge is 0.495 e. The van der Waals surface area contributed by atoms with Crippen LogP contribution in [0.2, 0.25) is 5.02 Å². The number of methoxy groups -OCH3 is 1. The Morgan fingerprint density at radius 3 is 3.04 bits per heavy atom. The van der Waals surface area contributed by atoms with Gasteiger partial charge < -0.3 is 20.1 Å². The number of anilines is 2. The van der Waals surface area contributed by atoms with Gasteiger partial charge in [-0.05, 0) is 30.5 Å². The maximum Gasteiger partial charge on any atom is 0.227 e. The van der Waals surface area contributed by atoms with Crippen LogP contribution in [0.1, 0.15) is 28.8 Å². The van der Waals surface area contributed by atoms with Gasteiger partial charge in [0.05, 0.1) is 30.3 Å². The molecule has 0 aliphatic carbocycles. The number of ether oxygens (including phenoxy) is 1. The van der Waals surface area contributed by atoms with Gasteiger partial charge in [-0.25, -0.2) is 4.98 Å². The van der Waals surface area contributed by atoms with Crippen molar-refractivity contribution in [3.8, 4) is 5.75 Å². The number of nitrogens with one attached hydrogen (secondary N) is 1. The Balaban J connectivity index is 1.79. The van der Waals surface area contributed by atoms with Crippen molar-refractivity contribution in [2.24, 2.45) is 0 Å². The number of halogens is 1. The van der Waals surface area contributed by atoms with Gasteiger partial charge in [0.1, 0.15) is 11.6 Å². The molecule has 0 bridgehead atoms. The third-order valence-electron chi connectivity index (χ3n) is 4.45. The lowest BCUT2D eigenvalue weighted by molar-refractivity contribution is 0.112. The molecule has 2 N–H and O–H groups in total. The maximum absolute atomic E-state index is 11.3. The van der Waals surface area contributed by atoms with E-state index in [2.05, 4.69) is 15.3 Å². The Morgan fingerprint density at radius 1 is 1.50 bits per heavy atom. The quantitative estimate of drug-likeness (QED) is 0.718. The molecule has 0 unspecified atom stereocenters. The molecule has 1 atom stereocenters. The molecule has 2 aromatic rings. The second kappa shape index (κ2) is 8.33. The zero-order valence-corrected chi connectivity index (χ0v) is 15.2. The molecule has 1 saturated heterocycles. The van der Waals surface area contributed by atoms with Crippen LogP contribution < -0.4 is 15.0 Å². The topological polar surface area (TPSA) is 87.6 Å². The van der Waals surface area contributed by atoms with Gasteiger partial charge in [0.2, 0.25) is 5.95 Å². The SMILES string of the molecule is COc1ccc(CNc2nc(N3CCC[C@@H]3CO)ncc2C=O)cc1Cl. The van der Waals surface area contributed by atoms with Crippen molar-refractivity contribution in [3.63, 3.8) is 0 Å². The van der Waals surface area contributed by atoms with E-state index in [4.69, 9.17) is 16.3 Å². The number of rotatable bonds is 7. The van der Waals surface area contributed by atoms with Gasteiger partial charge in [0.15, 0.2) is 6.29 Å². The highest BCUT2D eigenvalue weighted by Crippen LogP contribution is 2.26. The fraction of sp³-hybridized carbons (Fsp3) is 0.389. The molecule has 2 heterocycles. The standard InChI is InChI=1S/C18H21ClN4O3/c1-26-16-5-4-12(7-15(16)19)8-20-17-13(10-24)9-21-18(22-17)23-6-2-3-14(23)11-25/h4-5,7,9-10,14,25H,2-3,6,8,11H2,1H3,(H,20,21,22)/t14-/m1/s1. The number of aliphatic hydroxyl groups is 1. The first-order valence-corrected chi connectivity index (χ1v) is 8.80. The lowest BCUT2D eigenvalue weighted by Crippen LogP contribution is -2.33. The van der Waals surface area contributed by atoms with Crippen LogP contribution >= 0.6 is 11.6 Å². The number of aliphatic hydroxyl groups excluding tert-OH is 1. The van der Waals surface area contributed by atoms with Crippen LogP contribution in [0.3, 0.4) is 0 Å². The summed E-state index contributed by atoms with van der Waals surface area (Å²) in [5, 5.41) is 13.2. The van der Waals surface area contributed by atoms with Crippen LogP contribution in [0.25, 0.3) is 0 Å². The van der Waals surface area contributed by atoms with Gasteiger partial charge in [-0.1, -0.05) is 17.7 Å². The molecule has 0 spiro atoms. The summed E-state index contributed by atoms with van der Waals surface area (Å²) in [6, 6.07) is 5.51. The smallest absolute Gasteiger partial charge is 0.227 e. The highest BCUT2D eigenvalue weighted by molar-refractivity contribution is 6.32. The Labute approximate surface area is 157 Å². The fourth-order valence-corrected chi connectivity index (χ4v) is 3.32. The van der Waals surface area contributed by atoms with E-state index in [0.29, 0.717) is 34.6 Å². The molecule has 1 fully saturated rings. The van der Waals surface area contributed by atoms with E-state index in [-0.39, 0.29) is 12.6 Å². The molecule has 3 rings (SSSR count). The molecule has 1 aromatic heterocycles. The van der Waals surface area contributed by atoms with E-state index >= 15 is 0 Å². The minimum absolute atomic E-state index is 0.0188. The average Bonchev–Trinajstić information content (AvgIpc) is 3.15. The third kappa shape index (κ3) is 3.89. The first-order valence-electron chi connectivity index (χ1n) is 8.42. The lowest BCUT2D eigenvalue weighted by Gasteiger charge is -2.23. The number of hydrogen-bond acceptors (Lipinski definition) is 7.